The first-order chi connectivity index (χ1) is 9.50. The van der Waals surface area contributed by atoms with E-state index in [1.165, 1.54) is 32.1 Å². The van der Waals surface area contributed by atoms with E-state index in [1.54, 1.807) is 0 Å². The van der Waals surface area contributed by atoms with Gasteiger partial charge < -0.3 is 4.90 Å². The first kappa shape index (κ1) is 14.9. The van der Waals surface area contributed by atoms with Gasteiger partial charge in [0.15, 0.2) is 0 Å². The number of hydrogen-bond donors (Lipinski definition) is 0. The van der Waals surface area contributed by atoms with Crippen LogP contribution in [-0.2, 0) is 4.79 Å². The lowest BCUT2D eigenvalue weighted by molar-refractivity contribution is -0.155. The molecule has 3 heteroatoms. The van der Waals surface area contributed by atoms with Crippen LogP contribution < -0.4 is 0 Å². The van der Waals surface area contributed by atoms with E-state index in [9.17, 15) is 4.79 Å². The van der Waals surface area contributed by atoms with Crippen molar-refractivity contribution in [3.05, 3.63) is 0 Å². The Hall–Kier alpha value is -0.0500. The smallest absolute Gasteiger partial charge is 0.228 e. The van der Waals surface area contributed by atoms with Crippen molar-refractivity contribution in [2.75, 3.05) is 13.1 Å². The highest BCUT2D eigenvalue weighted by Crippen LogP contribution is 2.64. The summed E-state index contributed by atoms with van der Waals surface area (Å²) in [4.78, 5) is 15.4. The molecule has 2 unspecified atom stereocenters. The minimum Gasteiger partial charge on any atom is -0.342 e. The van der Waals surface area contributed by atoms with E-state index in [0.29, 0.717) is 5.91 Å². The minimum absolute atomic E-state index is 0.0159. The third-order valence-corrected chi connectivity index (χ3v) is 6.65. The molecule has 1 amide bonds. The molecule has 0 aromatic heterocycles. The molecule has 0 aromatic rings. The zero-order chi connectivity index (χ0) is 14.4. The Morgan fingerprint density at radius 2 is 1.65 bits per heavy atom. The van der Waals surface area contributed by atoms with E-state index >= 15 is 0 Å². The molecule has 114 valence electrons. The highest BCUT2D eigenvalue weighted by atomic mass is 79.9. The van der Waals surface area contributed by atoms with Gasteiger partial charge in [-0.2, -0.15) is 0 Å². The summed E-state index contributed by atoms with van der Waals surface area (Å²) in [5, 5.41) is 0. The molecule has 4 aliphatic carbocycles. The van der Waals surface area contributed by atoms with Crippen LogP contribution in [0.3, 0.4) is 0 Å². The molecule has 0 aliphatic heterocycles. The molecule has 2 nitrogen and oxygen atoms in total. The maximum atomic E-state index is 13.2. The number of halogens is 1. The second-order valence-corrected chi connectivity index (χ2v) is 9.37. The lowest BCUT2D eigenvalue weighted by Gasteiger charge is -2.60. The molecule has 20 heavy (non-hydrogen) atoms. The van der Waals surface area contributed by atoms with Crippen LogP contribution >= 0.6 is 15.9 Å². The standard InChI is InChI=1S/C17H28BrNO/c1-3-5-19(6-4-2)15(20)16-8-13-7-14(9-16)11-17(18,10-13)12-16/h13-14H,3-12H2,1-2H3. The van der Waals surface area contributed by atoms with Gasteiger partial charge in [0.1, 0.15) is 0 Å². The number of rotatable bonds is 5. The number of amides is 1. The number of carbonyl (C=O) groups excluding carboxylic acids is 1. The first-order valence-electron chi connectivity index (χ1n) is 8.48. The van der Waals surface area contributed by atoms with Crippen LogP contribution in [0.5, 0.6) is 0 Å². The molecule has 0 heterocycles. The van der Waals surface area contributed by atoms with Crippen LogP contribution in [0.25, 0.3) is 0 Å². The summed E-state index contributed by atoms with van der Waals surface area (Å²) in [6, 6.07) is 0. The molecule has 4 fully saturated rings. The highest BCUT2D eigenvalue weighted by Gasteiger charge is 2.60. The van der Waals surface area contributed by atoms with E-state index in [1.807, 2.05) is 0 Å². The van der Waals surface area contributed by atoms with Gasteiger partial charge in [0.25, 0.3) is 0 Å². The van der Waals surface area contributed by atoms with Gasteiger partial charge in [-0.15, -0.1) is 0 Å². The van der Waals surface area contributed by atoms with Crippen molar-refractivity contribution in [3.8, 4) is 0 Å². The monoisotopic (exact) mass is 341 g/mol. The average molecular weight is 342 g/mol. The molecule has 0 N–H and O–H groups in total. The number of carbonyl (C=O) groups is 1. The average Bonchev–Trinajstić information content (AvgIpc) is 2.34. The normalized spacial score (nSPS) is 42.0. The zero-order valence-electron chi connectivity index (χ0n) is 13.0. The maximum absolute atomic E-state index is 13.2. The molecular formula is C17H28BrNO. The Morgan fingerprint density at radius 1 is 1.10 bits per heavy atom. The van der Waals surface area contributed by atoms with Crippen LogP contribution in [0, 0.1) is 17.3 Å². The summed E-state index contributed by atoms with van der Waals surface area (Å²) in [5.74, 6) is 2.08. The van der Waals surface area contributed by atoms with Gasteiger partial charge >= 0.3 is 0 Å². The molecule has 0 radical (unpaired) electrons. The highest BCUT2D eigenvalue weighted by molar-refractivity contribution is 9.10. The topological polar surface area (TPSA) is 20.3 Å². The van der Waals surface area contributed by atoms with Gasteiger partial charge in [0, 0.05) is 17.4 Å². The van der Waals surface area contributed by atoms with Crippen molar-refractivity contribution in [1.82, 2.24) is 4.90 Å². The zero-order valence-corrected chi connectivity index (χ0v) is 14.5. The fraction of sp³-hybridized carbons (Fsp3) is 0.941. The van der Waals surface area contributed by atoms with Crippen molar-refractivity contribution in [2.24, 2.45) is 17.3 Å². The summed E-state index contributed by atoms with van der Waals surface area (Å²) in [6.07, 6.45) is 9.57. The van der Waals surface area contributed by atoms with Crippen molar-refractivity contribution in [3.63, 3.8) is 0 Å². The molecule has 4 rings (SSSR count). The Kier molecular flexibility index (Phi) is 3.94. The molecule has 2 atom stereocenters. The summed E-state index contributed by atoms with van der Waals surface area (Å²) in [5.41, 5.74) is -0.0159. The van der Waals surface area contributed by atoms with Gasteiger partial charge in [-0.25, -0.2) is 0 Å². The lowest BCUT2D eigenvalue weighted by Crippen LogP contribution is -2.59. The molecule has 0 spiro atoms. The summed E-state index contributed by atoms with van der Waals surface area (Å²) in [6.45, 7) is 6.25. The van der Waals surface area contributed by atoms with Crippen LogP contribution in [-0.4, -0.2) is 28.2 Å². The molecule has 0 aromatic carbocycles. The van der Waals surface area contributed by atoms with Gasteiger partial charge in [0.2, 0.25) is 5.91 Å². The van der Waals surface area contributed by atoms with Crippen LogP contribution in [0.2, 0.25) is 0 Å². The third-order valence-electron chi connectivity index (χ3n) is 5.72. The molecule has 0 saturated heterocycles. The second-order valence-electron chi connectivity index (χ2n) is 7.68. The maximum Gasteiger partial charge on any atom is 0.228 e. The van der Waals surface area contributed by atoms with Gasteiger partial charge in [-0.05, 0) is 63.2 Å². The fourth-order valence-corrected chi connectivity index (χ4v) is 7.04. The minimum atomic E-state index is -0.0159. The van der Waals surface area contributed by atoms with E-state index in [2.05, 4.69) is 34.7 Å². The van der Waals surface area contributed by atoms with E-state index in [-0.39, 0.29) is 9.74 Å². The van der Waals surface area contributed by atoms with Gasteiger partial charge in [-0.3, -0.25) is 4.79 Å². The predicted molar refractivity (Wildman–Crippen MR) is 85.9 cm³/mol. The van der Waals surface area contributed by atoms with Crippen molar-refractivity contribution in [1.29, 1.82) is 0 Å². The molecule has 4 aliphatic rings. The Morgan fingerprint density at radius 3 is 2.10 bits per heavy atom. The largest absolute Gasteiger partial charge is 0.342 e. The Balaban J connectivity index is 1.82. The van der Waals surface area contributed by atoms with Crippen LogP contribution in [0.1, 0.15) is 65.2 Å². The third kappa shape index (κ3) is 2.44. The van der Waals surface area contributed by atoms with Crippen molar-refractivity contribution >= 4 is 21.8 Å². The van der Waals surface area contributed by atoms with E-state index in [4.69, 9.17) is 0 Å². The van der Waals surface area contributed by atoms with Crippen LogP contribution in [0.15, 0.2) is 0 Å². The SMILES string of the molecule is CCCN(CCC)C(=O)C12CC3CC(CC(Br)(C3)C1)C2. The number of alkyl halides is 1. The lowest BCUT2D eigenvalue weighted by atomic mass is 9.49. The molecule has 4 bridgehead atoms. The molecular weight excluding hydrogens is 314 g/mol. The van der Waals surface area contributed by atoms with Gasteiger partial charge in [-0.1, -0.05) is 29.8 Å². The van der Waals surface area contributed by atoms with E-state index in [0.717, 1.165) is 44.2 Å². The van der Waals surface area contributed by atoms with Crippen LogP contribution in [0.4, 0.5) is 0 Å². The fourth-order valence-electron chi connectivity index (χ4n) is 5.59. The summed E-state index contributed by atoms with van der Waals surface area (Å²) >= 11 is 4.02. The van der Waals surface area contributed by atoms with E-state index < -0.39 is 0 Å². The quantitative estimate of drug-likeness (QED) is 0.680. The van der Waals surface area contributed by atoms with Gasteiger partial charge in [0.05, 0.1) is 5.41 Å². The Labute approximate surface area is 131 Å². The Bertz CT molecular complexity index is 374. The van der Waals surface area contributed by atoms with Crippen molar-refractivity contribution < 1.29 is 4.79 Å². The molecule has 4 saturated carbocycles. The van der Waals surface area contributed by atoms with Crippen molar-refractivity contribution in [2.45, 2.75) is 69.5 Å². The summed E-state index contributed by atoms with van der Waals surface area (Å²) < 4.78 is 0.289. The number of nitrogens with zero attached hydrogens (tertiary/aromatic N) is 1. The summed E-state index contributed by atoms with van der Waals surface area (Å²) in [7, 11) is 0. The predicted octanol–water partition coefficient (Wildman–Crippen LogP) is 4.37. The second kappa shape index (κ2) is 5.30. The number of hydrogen-bond acceptors (Lipinski definition) is 1. The first-order valence-corrected chi connectivity index (χ1v) is 9.28.